The number of aromatic nitrogens is 3. The molecule has 0 spiro atoms. The lowest BCUT2D eigenvalue weighted by atomic mass is 10.1. The second-order valence-corrected chi connectivity index (χ2v) is 4.77. The average molecular weight is 245 g/mol. The van der Waals surface area contributed by atoms with Gasteiger partial charge >= 0.3 is 0 Å². The Bertz CT molecular complexity index is 772. The van der Waals surface area contributed by atoms with Crippen molar-refractivity contribution in [2.75, 3.05) is 6.26 Å². The molecular formula is C12H11N3OS. The summed E-state index contributed by atoms with van der Waals surface area (Å²) >= 11 is 1.42. The number of hydrogen-bond donors (Lipinski definition) is 2. The summed E-state index contributed by atoms with van der Waals surface area (Å²) in [7, 11) is 0. The highest BCUT2D eigenvalue weighted by Gasteiger charge is 2.10. The largest absolute Gasteiger partial charge is 0.339 e. The summed E-state index contributed by atoms with van der Waals surface area (Å²) in [5.41, 5.74) is 2.64. The van der Waals surface area contributed by atoms with Gasteiger partial charge in [-0.25, -0.2) is 4.98 Å². The van der Waals surface area contributed by atoms with Crippen LogP contribution in [-0.2, 0) is 0 Å². The predicted molar refractivity (Wildman–Crippen MR) is 70.7 cm³/mol. The number of nitrogens with zero attached hydrogens (tertiary/aromatic N) is 1. The maximum atomic E-state index is 12.0. The fourth-order valence-corrected chi connectivity index (χ4v) is 2.37. The van der Waals surface area contributed by atoms with Crippen molar-refractivity contribution in [2.45, 2.75) is 12.1 Å². The van der Waals surface area contributed by atoms with Gasteiger partial charge in [-0.1, -0.05) is 23.4 Å². The number of aryl methyl sites for hydroxylation is 1. The number of thioether (sulfide) groups is 1. The summed E-state index contributed by atoms with van der Waals surface area (Å²) in [5, 5.41) is 2.20. The molecule has 0 radical (unpaired) electrons. The van der Waals surface area contributed by atoms with E-state index < -0.39 is 0 Å². The predicted octanol–water partition coefficient (Wildman–Crippen LogP) is 2.43. The van der Waals surface area contributed by atoms with Crippen LogP contribution in [-0.4, -0.2) is 21.2 Å². The van der Waals surface area contributed by atoms with Gasteiger partial charge in [-0.05, 0) is 25.3 Å². The van der Waals surface area contributed by atoms with Crippen LogP contribution in [0.2, 0.25) is 0 Å². The Labute approximate surface area is 101 Å². The SMILES string of the molecule is CSc1nc2[nH]c3ccc(C)cc3c2c(=O)[nH]1. The van der Waals surface area contributed by atoms with Crippen LogP contribution in [0.1, 0.15) is 5.56 Å². The van der Waals surface area contributed by atoms with E-state index >= 15 is 0 Å². The Hall–Kier alpha value is -1.75. The molecule has 2 aromatic heterocycles. The number of H-pyrrole nitrogens is 2. The van der Waals surface area contributed by atoms with Gasteiger partial charge in [-0.15, -0.1) is 0 Å². The minimum atomic E-state index is -0.0869. The van der Waals surface area contributed by atoms with E-state index in [1.54, 1.807) is 0 Å². The van der Waals surface area contributed by atoms with Gasteiger partial charge in [-0.2, -0.15) is 0 Å². The summed E-state index contributed by atoms with van der Waals surface area (Å²) in [6.07, 6.45) is 1.89. The Morgan fingerprint density at radius 3 is 2.88 bits per heavy atom. The molecule has 3 rings (SSSR count). The van der Waals surface area contributed by atoms with E-state index in [0.29, 0.717) is 16.2 Å². The summed E-state index contributed by atoms with van der Waals surface area (Å²) < 4.78 is 0. The van der Waals surface area contributed by atoms with E-state index in [0.717, 1.165) is 16.5 Å². The van der Waals surface area contributed by atoms with Gasteiger partial charge in [0.1, 0.15) is 5.65 Å². The van der Waals surface area contributed by atoms with Crippen LogP contribution in [0.5, 0.6) is 0 Å². The lowest BCUT2D eigenvalue weighted by Crippen LogP contribution is -2.08. The highest BCUT2D eigenvalue weighted by molar-refractivity contribution is 7.98. The molecule has 0 saturated carbocycles. The van der Waals surface area contributed by atoms with Crippen molar-refractivity contribution < 1.29 is 0 Å². The van der Waals surface area contributed by atoms with Gasteiger partial charge in [0.05, 0.1) is 5.39 Å². The molecule has 0 atom stereocenters. The topological polar surface area (TPSA) is 61.5 Å². The van der Waals surface area contributed by atoms with E-state index in [9.17, 15) is 4.79 Å². The maximum Gasteiger partial charge on any atom is 0.261 e. The van der Waals surface area contributed by atoms with Gasteiger partial charge in [0, 0.05) is 10.9 Å². The van der Waals surface area contributed by atoms with E-state index in [2.05, 4.69) is 15.0 Å². The third kappa shape index (κ3) is 1.54. The standard InChI is InChI=1S/C12H11N3OS/c1-6-3-4-8-7(5-6)9-10(13-8)14-12(17-2)15-11(9)16/h3-5H,1-2H3,(H2,13,14,15,16). The second-order valence-electron chi connectivity index (χ2n) is 3.97. The Morgan fingerprint density at radius 1 is 1.29 bits per heavy atom. The number of rotatable bonds is 1. The number of fused-ring (bicyclic) bond motifs is 3. The Balaban J connectivity index is 2.53. The first-order chi connectivity index (χ1) is 8.19. The van der Waals surface area contributed by atoms with Crippen molar-refractivity contribution in [2.24, 2.45) is 0 Å². The van der Waals surface area contributed by atoms with Crippen molar-refractivity contribution in [3.63, 3.8) is 0 Å². The van der Waals surface area contributed by atoms with Crippen molar-refractivity contribution in [3.8, 4) is 0 Å². The van der Waals surface area contributed by atoms with Gasteiger partial charge in [-0.3, -0.25) is 4.79 Å². The molecule has 0 fully saturated rings. The molecule has 0 aliphatic rings. The van der Waals surface area contributed by atoms with Gasteiger partial charge < -0.3 is 9.97 Å². The maximum absolute atomic E-state index is 12.0. The summed E-state index contributed by atoms with van der Waals surface area (Å²) in [6.45, 7) is 2.01. The zero-order valence-corrected chi connectivity index (χ0v) is 10.3. The zero-order valence-electron chi connectivity index (χ0n) is 9.50. The molecule has 3 aromatic rings. The number of aromatic amines is 2. The summed E-state index contributed by atoms with van der Waals surface area (Å²) in [5.74, 6) is 0. The third-order valence-corrected chi connectivity index (χ3v) is 3.37. The molecule has 0 saturated heterocycles. The van der Waals surface area contributed by atoms with Crippen LogP contribution in [0.3, 0.4) is 0 Å². The molecule has 2 N–H and O–H groups in total. The molecular weight excluding hydrogens is 234 g/mol. The first-order valence-electron chi connectivity index (χ1n) is 5.25. The van der Waals surface area contributed by atoms with Gasteiger partial charge in [0.25, 0.3) is 5.56 Å². The number of nitrogens with one attached hydrogen (secondary N) is 2. The second kappa shape index (κ2) is 3.63. The van der Waals surface area contributed by atoms with Crippen molar-refractivity contribution in [1.82, 2.24) is 15.0 Å². The molecule has 5 heteroatoms. The molecule has 2 heterocycles. The van der Waals surface area contributed by atoms with Crippen LogP contribution in [0.25, 0.3) is 21.9 Å². The first kappa shape index (κ1) is 10.4. The fourth-order valence-electron chi connectivity index (χ4n) is 1.99. The molecule has 1 aromatic carbocycles. The monoisotopic (exact) mass is 245 g/mol. The fraction of sp³-hybridized carbons (Fsp3) is 0.167. The molecule has 17 heavy (non-hydrogen) atoms. The molecule has 0 aliphatic heterocycles. The summed E-state index contributed by atoms with van der Waals surface area (Å²) in [4.78, 5) is 22.3. The molecule has 4 nitrogen and oxygen atoms in total. The van der Waals surface area contributed by atoms with Crippen LogP contribution in [0, 0.1) is 6.92 Å². The van der Waals surface area contributed by atoms with Crippen LogP contribution < -0.4 is 5.56 Å². The van der Waals surface area contributed by atoms with Crippen LogP contribution >= 0.6 is 11.8 Å². The highest BCUT2D eigenvalue weighted by Crippen LogP contribution is 2.23. The third-order valence-electron chi connectivity index (χ3n) is 2.79. The van der Waals surface area contributed by atoms with E-state index in [1.807, 2.05) is 31.4 Å². The van der Waals surface area contributed by atoms with Crippen molar-refractivity contribution in [3.05, 3.63) is 34.1 Å². The van der Waals surface area contributed by atoms with Crippen molar-refractivity contribution >= 4 is 33.7 Å². The number of hydrogen-bond acceptors (Lipinski definition) is 3. The molecule has 0 bridgehead atoms. The molecule has 0 aliphatic carbocycles. The van der Waals surface area contributed by atoms with Crippen LogP contribution in [0.15, 0.2) is 28.2 Å². The van der Waals surface area contributed by atoms with Crippen LogP contribution in [0.4, 0.5) is 0 Å². The Kier molecular flexibility index (Phi) is 2.22. The lowest BCUT2D eigenvalue weighted by molar-refractivity contribution is 0.972. The smallest absolute Gasteiger partial charge is 0.261 e. The summed E-state index contributed by atoms with van der Waals surface area (Å²) in [6, 6.07) is 6.00. The molecule has 86 valence electrons. The Morgan fingerprint density at radius 2 is 2.12 bits per heavy atom. The lowest BCUT2D eigenvalue weighted by Gasteiger charge is -1.95. The van der Waals surface area contributed by atoms with E-state index in [4.69, 9.17) is 0 Å². The zero-order chi connectivity index (χ0) is 12.0. The first-order valence-corrected chi connectivity index (χ1v) is 6.48. The van der Waals surface area contributed by atoms with E-state index in [1.165, 1.54) is 11.8 Å². The van der Waals surface area contributed by atoms with E-state index in [-0.39, 0.29) is 5.56 Å². The number of benzene rings is 1. The molecule has 0 unspecified atom stereocenters. The highest BCUT2D eigenvalue weighted by atomic mass is 32.2. The normalized spacial score (nSPS) is 11.4. The van der Waals surface area contributed by atoms with Crippen molar-refractivity contribution in [1.29, 1.82) is 0 Å². The van der Waals surface area contributed by atoms with Gasteiger partial charge in [0.15, 0.2) is 5.16 Å². The van der Waals surface area contributed by atoms with Gasteiger partial charge in [0.2, 0.25) is 0 Å². The molecule has 0 amide bonds. The minimum Gasteiger partial charge on any atom is -0.339 e. The minimum absolute atomic E-state index is 0.0869. The quantitative estimate of drug-likeness (QED) is 0.511. The average Bonchev–Trinajstić information content (AvgIpc) is 2.66.